The predicted molar refractivity (Wildman–Crippen MR) is 74.8 cm³/mol. The van der Waals surface area contributed by atoms with Gasteiger partial charge in [-0.2, -0.15) is 0 Å². The first-order chi connectivity index (χ1) is 8.66. The smallest absolute Gasteiger partial charge is 0.267 e. The van der Waals surface area contributed by atoms with Crippen molar-refractivity contribution in [2.45, 2.75) is 0 Å². The van der Waals surface area contributed by atoms with Crippen molar-refractivity contribution in [3.63, 3.8) is 0 Å². The van der Waals surface area contributed by atoms with Crippen molar-refractivity contribution in [1.82, 2.24) is 9.38 Å². The SMILES string of the molecule is O=c1c(-c2cccc(Cl)c2)c(Cl)sc2nccn12. The molecule has 3 aromatic rings. The minimum Gasteiger partial charge on any atom is -0.268 e. The van der Waals surface area contributed by atoms with Crippen LogP contribution in [0.25, 0.3) is 16.1 Å². The molecule has 0 aliphatic rings. The van der Waals surface area contributed by atoms with Crippen LogP contribution in [0.3, 0.4) is 0 Å². The molecule has 0 aliphatic heterocycles. The highest BCUT2D eigenvalue weighted by Gasteiger charge is 2.13. The van der Waals surface area contributed by atoms with E-state index in [1.807, 2.05) is 6.07 Å². The van der Waals surface area contributed by atoms with Gasteiger partial charge in [0, 0.05) is 17.4 Å². The number of fused-ring (bicyclic) bond motifs is 1. The van der Waals surface area contributed by atoms with E-state index < -0.39 is 0 Å². The van der Waals surface area contributed by atoms with E-state index in [2.05, 4.69) is 4.98 Å². The Morgan fingerprint density at radius 3 is 2.89 bits per heavy atom. The third-order valence-corrected chi connectivity index (χ3v) is 4.05. The third kappa shape index (κ3) is 1.82. The van der Waals surface area contributed by atoms with Crippen LogP contribution in [0.2, 0.25) is 9.36 Å². The molecule has 0 N–H and O–H groups in total. The van der Waals surface area contributed by atoms with Crippen molar-refractivity contribution in [3.05, 3.63) is 56.4 Å². The average Bonchev–Trinajstić information content (AvgIpc) is 2.77. The van der Waals surface area contributed by atoms with E-state index >= 15 is 0 Å². The van der Waals surface area contributed by atoms with Gasteiger partial charge in [-0.1, -0.05) is 46.7 Å². The summed E-state index contributed by atoms with van der Waals surface area (Å²) in [6.45, 7) is 0. The number of hydrogen-bond acceptors (Lipinski definition) is 3. The van der Waals surface area contributed by atoms with Crippen LogP contribution in [-0.4, -0.2) is 9.38 Å². The van der Waals surface area contributed by atoms with Crippen LogP contribution in [0.15, 0.2) is 41.5 Å². The van der Waals surface area contributed by atoms with Crippen LogP contribution < -0.4 is 5.56 Å². The Bertz CT molecular complexity index is 794. The molecular formula is C12H6Cl2N2OS. The van der Waals surface area contributed by atoms with Crippen LogP contribution in [-0.2, 0) is 0 Å². The summed E-state index contributed by atoms with van der Waals surface area (Å²) in [6, 6.07) is 7.07. The molecule has 0 fully saturated rings. The topological polar surface area (TPSA) is 34.4 Å². The number of nitrogens with zero attached hydrogens (tertiary/aromatic N) is 2. The molecular weight excluding hydrogens is 291 g/mol. The molecule has 2 heterocycles. The van der Waals surface area contributed by atoms with E-state index in [-0.39, 0.29) is 5.56 Å². The molecule has 0 unspecified atom stereocenters. The average molecular weight is 297 g/mol. The largest absolute Gasteiger partial charge is 0.268 e. The Hall–Kier alpha value is -1.36. The van der Waals surface area contributed by atoms with Gasteiger partial charge in [-0.3, -0.25) is 9.20 Å². The van der Waals surface area contributed by atoms with Gasteiger partial charge in [-0.25, -0.2) is 4.98 Å². The lowest BCUT2D eigenvalue weighted by atomic mass is 10.1. The second-order valence-electron chi connectivity index (χ2n) is 3.65. The number of halogens is 2. The molecule has 1 aromatic carbocycles. The fraction of sp³-hybridized carbons (Fsp3) is 0. The monoisotopic (exact) mass is 296 g/mol. The minimum absolute atomic E-state index is 0.187. The normalized spacial score (nSPS) is 11.0. The number of imidazole rings is 1. The van der Waals surface area contributed by atoms with Crippen molar-refractivity contribution in [3.8, 4) is 11.1 Å². The van der Waals surface area contributed by atoms with Crippen LogP contribution in [0.1, 0.15) is 0 Å². The van der Waals surface area contributed by atoms with Crippen molar-refractivity contribution in [2.24, 2.45) is 0 Å². The summed E-state index contributed by atoms with van der Waals surface area (Å²) in [6.07, 6.45) is 3.20. The maximum atomic E-state index is 12.3. The van der Waals surface area contributed by atoms with Crippen molar-refractivity contribution >= 4 is 39.5 Å². The molecule has 0 radical (unpaired) electrons. The first kappa shape index (κ1) is 11.7. The summed E-state index contributed by atoms with van der Waals surface area (Å²) in [4.78, 5) is 17.0. The zero-order valence-corrected chi connectivity index (χ0v) is 11.3. The Morgan fingerprint density at radius 1 is 1.28 bits per heavy atom. The van der Waals surface area contributed by atoms with Crippen LogP contribution in [0, 0.1) is 0 Å². The summed E-state index contributed by atoms with van der Waals surface area (Å²) >= 11 is 13.4. The first-order valence-electron chi connectivity index (χ1n) is 5.08. The Kier molecular flexibility index (Phi) is 2.86. The van der Waals surface area contributed by atoms with Gasteiger partial charge in [0.2, 0.25) is 0 Å². The maximum absolute atomic E-state index is 12.3. The molecule has 0 aliphatic carbocycles. The summed E-state index contributed by atoms with van der Waals surface area (Å²) in [5.74, 6) is 0. The summed E-state index contributed by atoms with van der Waals surface area (Å²) in [5, 5.41) is 0.568. The highest BCUT2D eigenvalue weighted by Crippen LogP contribution is 2.30. The van der Waals surface area contributed by atoms with Gasteiger partial charge >= 0.3 is 0 Å². The molecule has 6 heteroatoms. The van der Waals surface area contributed by atoms with Gasteiger partial charge in [0.15, 0.2) is 4.96 Å². The van der Waals surface area contributed by atoms with Gasteiger partial charge in [-0.15, -0.1) is 0 Å². The van der Waals surface area contributed by atoms with Gasteiger partial charge in [0.1, 0.15) is 4.34 Å². The lowest BCUT2D eigenvalue weighted by molar-refractivity contribution is 1.14. The zero-order valence-electron chi connectivity index (χ0n) is 8.93. The molecule has 18 heavy (non-hydrogen) atoms. The molecule has 0 atom stereocenters. The Morgan fingerprint density at radius 2 is 2.11 bits per heavy atom. The predicted octanol–water partition coefficient (Wildman–Crippen LogP) is 3.73. The molecule has 0 bridgehead atoms. The quantitative estimate of drug-likeness (QED) is 0.686. The first-order valence-corrected chi connectivity index (χ1v) is 6.65. The molecule has 0 saturated carbocycles. The molecule has 3 nitrogen and oxygen atoms in total. The van der Waals surface area contributed by atoms with Gasteiger partial charge in [0.25, 0.3) is 5.56 Å². The molecule has 3 rings (SSSR count). The maximum Gasteiger partial charge on any atom is 0.267 e. The van der Waals surface area contributed by atoms with E-state index in [1.54, 1.807) is 30.6 Å². The standard InChI is InChI=1S/C12H6Cl2N2OS/c13-8-3-1-2-7(6-8)9-10(14)18-12-15-4-5-16(12)11(9)17/h1-6H. The van der Waals surface area contributed by atoms with E-state index in [0.717, 1.165) is 0 Å². The zero-order chi connectivity index (χ0) is 12.7. The second-order valence-corrected chi connectivity index (χ2v) is 5.66. The third-order valence-electron chi connectivity index (χ3n) is 2.53. The Balaban J connectivity index is 2.38. The number of benzene rings is 1. The summed E-state index contributed by atoms with van der Waals surface area (Å²) < 4.78 is 1.90. The van der Waals surface area contributed by atoms with Crippen LogP contribution >= 0.6 is 34.5 Å². The van der Waals surface area contributed by atoms with Crippen LogP contribution in [0.5, 0.6) is 0 Å². The lowest BCUT2D eigenvalue weighted by Gasteiger charge is -2.04. The highest BCUT2D eigenvalue weighted by atomic mass is 35.5. The number of hydrogen-bond donors (Lipinski definition) is 0. The summed E-state index contributed by atoms with van der Waals surface area (Å²) in [5.41, 5.74) is 0.979. The lowest BCUT2D eigenvalue weighted by Crippen LogP contribution is -2.13. The van der Waals surface area contributed by atoms with Gasteiger partial charge < -0.3 is 0 Å². The fourth-order valence-corrected chi connectivity index (χ4v) is 3.15. The second kappa shape index (κ2) is 4.39. The van der Waals surface area contributed by atoms with E-state index in [4.69, 9.17) is 23.2 Å². The van der Waals surface area contributed by atoms with Crippen molar-refractivity contribution in [2.75, 3.05) is 0 Å². The summed E-state index contributed by atoms with van der Waals surface area (Å²) in [7, 11) is 0. The molecule has 0 saturated heterocycles. The minimum atomic E-state index is -0.187. The number of rotatable bonds is 1. The van der Waals surface area contributed by atoms with Gasteiger partial charge in [0.05, 0.1) is 5.56 Å². The van der Waals surface area contributed by atoms with Crippen LogP contribution in [0.4, 0.5) is 0 Å². The highest BCUT2D eigenvalue weighted by molar-refractivity contribution is 7.20. The van der Waals surface area contributed by atoms with E-state index in [9.17, 15) is 4.79 Å². The fourth-order valence-electron chi connectivity index (χ4n) is 1.74. The molecule has 0 spiro atoms. The molecule has 2 aromatic heterocycles. The van der Waals surface area contributed by atoms with E-state index in [1.165, 1.54) is 15.7 Å². The molecule has 90 valence electrons. The number of aromatic nitrogens is 2. The molecule has 0 amide bonds. The van der Waals surface area contributed by atoms with E-state index in [0.29, 0.717) is 25.4 Å². The van der Waals surface area contributed by atoms with Gasteiger partial charge in [-0.05, 0) is 17.7 Å². The Labute approximate surface area is 116 Å². The van der Waals surface area contributed by atoms with Crippen molar-refractivity contribution < 1.29 is 0 Å². The van der Waals surface area contributed by atoms with Crippen molar-refractivity contribution in [1.29, 1.82) is 0 Å².